The average molecular weight is 537 g/mol. The molecule has 2 N–H and O–H groups in total. The highest BCUT2D eigenvalue weighted by molar-refractivity contribution is 6.31. The van der Waals surface area contributed by atoms with Crippen molar-refractivity contribution in [3.8, 4) is 0 Å². The van der Waals surface area contributed by atoms with Crippen molar-refractivity contribution in [1.29, 1.82) is 0 Å². The first-order chi connectivity index (χ1) is 17.5. The van der Waals surface area contributed by atoms with E-state index in [0.29, 0.717) is 17.3 Å². The highest BCUT2D eigenvalue weighted by Crippen LogP contribution is 2.20. The van der Waals surface area contributed by atoms with Crippen LogP contribution in [0.5, 0.6) is 0 Å². The van der Waals surface area contributed by atoms with Crippen molar-refractivity contribution in [1.82, 2.24) is 29.6 Å². The van der Waals surface area contributed by atoms with Crippen LogP contribution in [0.1, 0.15) is 27.3 Å². The first kappa shape index (κ1) is 25.9. The molecule has 0 fully saturated rings. The third kappa shape index (κ3) is 5.96. The predicted octanol–water partition coefficient (Wildman–Crippen LogP) is 3.38. The van der Waals surface area contributed by atoms with Gasteiger partial charge in [-0.05, 0) is 35.4 Å². The number of hydrogen-bond donors (Lipinski definition) is 2. The van der Waals surface area contributed by atoms with Crippen LogP contribution in [0.2, 0.25) is 5.02 Å². The number of aromatic amines is 1. The minimum Gasteiger partial charge on any atom is -0.345 e. The lowest BCUT2D eigenvalue weighted by Crippen LogP contribution is -2.28. The lowest BCUT2D eigenvalue weighted by atomic mass is 10.1. The van der Waals surface area contributed by atoms with Gasteiger partial charge in [-0.2, -0.15) is 5.10 Å². The Morgan fingerprint density at radius 3 is 2.41 bits per heavy atom. The summed E-state index contributed by atoms with van der Waals surface area (Å²) in [7, 11) is 0. The fourth-order valence-corrected chi connectivity index (χ4v) is 4.02. The van der Waals surface area contributed by atoms with E-state index in [1.807, 2.05) is 36.4 Å². The van der Waals surface area contributed by atoms with Gasteiger partial charge in [-0.1, -0.05) is 41.9 Å². The number of fused-ring (bicyclic) bond motifs is 1. The number of benzene rings is 2. The largest absolute Gasteiger partial charge is 0.345 e. The Morgan fingerprint density at radius 1 is 0.946 bits per heavy atom. The van der Waals surface area contributed by atoms with Gasteiger partial charge in [-0.25, -0.2) is 4.98 Å². The third-order valence-electron chi connectivity index (χ3n) is 5.76. The number of halogens is 2. The topological polar surface area (TPSA) is 115 Å². The summed E-state index contributed by atoms with van der Waals surface area (Å²) in [5, 5.41) is 11.3. The molecule has 0 spiro atoms. The van der Waals surface area contributed by atoms with Crippen LogP contribution in [0.4, 0.5) is 0 Å². The van der Waals surface area contributed by atoms with E-state index in [2.05, 4.69) is 20.5 Å². The zero-order valence-corrected chi connectivity index (χ0v) is 21.0. The number of pyridine rings is 1. The molecule has 9 nitrogen and oxygen atoms in total. The molecule has 5 aromatic rings. The molecule has 5 rings (SSSR count). The molecule has 0 radical (unpaired) electrons. The molecule has 0 bridgehead atoms. The van der Waals surface area contributed by atoms with Crippen molar-refractivity contribution in [3.05, 3.63) is 127 Å². The summed E-state index contributed by atoms with van der Waals surface area (Å²) in [6, 6.07) is 18.0. The number of carbonyl (C=O) groups excluding carboxylic acids is 1. The van der Waals surface area contributed by atoms with Crippen LogP contribution >= 0.6 is 24.0 Å². The lowest BCUT2D eigenvalue weighted by molar-refractivity contribution is 0.0944. The van der Waals surface area contributed by atoms with E-state index in [1.54, 1.807) is 29.0 Å². The molecule has 0 unspecified atom stereocenters. The molecule has 0 aliphatic rings. The first-order valence-electron chi connectivity index (χ1n) is 11.2. The van der Waals surface area contributed by atoms with Gasteiger partial charge in [0.05, 0.1) is 37.0 Å². The van der Waals surface area contributed by atoms with E-state index in [9.17, 15) is 14.4 Å². The number of aromatic nitrogens is 5. The van der Waals surface area contributed by atoms with Crippen LogP contribution in [0.3, 0.4) is 0 Å². The van der Waals surface area contributed by atoms with Crippen LogP contribution in [0.25, 0.3) is 10.9 Å². The molecular weight excluding hydrogens is 515 g/mol. The number of hydrogen-bond acceptors (Lipinski definition) is 5. The van der Waals surface area contributed by atoms with E-state index >= 15 is 0 Å². The van der Waals surface area contributed by atoms with Gasteiger partial charge in [-0.3, -0.25) is 19.5 Å². The van der Waals surface area contributed by atoms with Crippen molar-refractivity contribution >= 4 is 40.8 Å². The number of carbonyl (C=O) groups is 1. The second-order valence-electron chi connectivity index (χ2n) is 8.26. The smallest absolute Gasteiger partial charge is 0.271 e. The van der Waals surface area contributed by atoms with Crippen molar-refractivity contribution in [2.75, 3.05) is 0 Å². The summed E-state index contributed by atoms with van der Waals surface area (Å²) in [5.74, 6) is -0.425. The Bertz CT molecular complexity index is 1670. The maximum absolute atomic E-state index is 12.7. The highest BCUT2D eigenvalue weighted by Gasteiger charge is 2.12. The Kier molecular flexibility index (Phi) is 7.86. The van der Waals surface area contributed by atoms with Gasteiger partial charge >= 0.3 is 0 Å². The molecule has 0 aliphatic heterocycles. The van der Waals surface area contributed by atoms with Gasteiger partial charge in [-0.15, -0.1) is 12.4 Å². The number of H-pyrrole nitrogens is 1. The zero-order chi connectivity index (χ0) is 25.1. The molecule has 3 aromatic heterocycles. The summed E-state index contributed by atoms with van der Waals surface area (Å²) >= 11 is 6.07. The Balaban J connectivity index is 0.00000320. The molecule has 0 aliphatic carbocycles. The van der Waals surface area contributed by atoms with Crippen molar-refractivity contribution in [2.24, 2.45) is 0 Å². The van der Waals surface area contributed by atoms with Crippen LogP contribution in [0, 0.1) is 0 Å². The van der Waals surface area contributed by atoms with E-state index in [1.165, 1.54) is 16.8 Å². The number of nitrogens with one attached hydrogen (secondary N) is 2. The monoisotopic (exact) mass is 536 g/mol. The molecule has 11 heteroatoms. The summed E-state index contributed by atoms with van der Waals surface area (Å²) in [6.07, 6.45) is 4.31. The quantitative estimate of drug-likeness (QED) is 0.331. The highest BCUT2D eigenvalue weighted by atomic mass is 35.5. The molecule has 1 amide bonds. The normalized spacial score (nSPS) is 10.7. The fourth-order valence-electron chi connectivity index (χ4n) is 3.85. The van der Waals surface area contributed by atoms with Crippen molar-refractivity contribution in [3.63, 3.8) is 0 Å². The van der Waals surface area contributed by atoms with E-state index in [0.717, 1.165) is 28.2 Å². The average Bonchev–Trinajstić information content (AvgIpc) is 3.28. The van der Waals surface area contributed by atoms with E-state index < -0.39 is 5.91 Å². The molecular formula is C26H22Cl2N6O3. The number of amides is 1. The van der Waals surface area contributed by atoms with Crippen LogP contribution in [-0.4, -0.2) is 30.2 Å². The maximum atomic E-state index is 12.7. The molecule has 0 atom stereocenters. The Labute approximate surface area is 222 Å². The number of rotatable bonds is 7. The summed E-state index contributed by atoms with van der Waals surface area (Å²) in [6.45, 7) is 0.901. The first-order valence-corrected chi connectivity index (χ1v) is 11.5. The minimum absolute atomic E-state index is 0. The Hall–Kier alpha value is -4.21. The van der Waals surface area contributed by atoms with Gasteiger partial charge in [0.25, 0.3) is 17.0 Å². The summed E-state index contributed by atoms with van der Waals surface area (Å²) < 4.78 is 3.05. The summed E-state index contributed by atoms with van der Waals surface area (Å²) in [5.41, 5.74) is 3.02. The molecule has 3 heterocycles. The SMILES string of the molecule is Cl.O=C(NCc1n[nH]c2ccc(Cl)cc12)c1cn(Cc2ccc(Cn3ccccc3=O)cc2)c(=O)cn1. The van der Waals surface area contributed by atoms with Crippen LogP contribution in [0.15, 0.2) is 88.8 Å². The van der Waals surface area contributed by atoms with Gasteiger partial charge in [0.2, 0.25) is 0 Å². The van der Waals surface area contributed by atoms with Crippen molar-refractivity contribution in [2.45, 2.75) is 19.6 Å². The lowest BCUT2D eigenvalue weighted by Gasteiger charge is -2.10. The standard InChI is InChI=1S/C26H21ClN6O3.ClH/c27-19-8-9-21-20(11-19)22(31-30-21)12-29-26(36)23-16-33(25(35)13-28-23)15-18-6-4-17(5-7-18)14-32-10-2-1-3-24(32)34;/h1-11,13,16H,12,14-15H2,(H,29,36)(H,30,31);1H. The second-order valence-corrected chi connectivity index (χ2v) is 8.70. The molecule has 2 aromatic carbocycles. The fraction of sp³-hybridized carbons (Fsp3) is 0.115. The number of nitrogens with zero attached hydrogens (tertiary/aromatic N) is 4. The molecule has 0 saturated carbocycles. The molecule has 188 valence electrons. The second kappa shape index (κ2) is 11.2. The molecule has 37 heavy (non-hydrogen) atoms. The predicted molar refractivity (Wildman–Crippen MR) is 143 cm³/mol. The maximum Gasteiger partial charge on any atom is 0.271 e. The van der Waals surface area contributed by atoms with Crippen molar-refractivity contribution < 1.29 is 4.79 Å². The van der Waals surface area contributed by atoms with Gasteiger partial charge < -0.3 is 14.5 Å². The van der Waals surface area contributed by atoms with Gasteiger partial charge in [0, 0.05) is 28.9 Å². The van der Waals surface area contributed by atoms with E-state index in [4.69, 9.17) is 11.6 Å². The van der Waals surface area contributed by atoms with Gasteiger partial charge in [0.15, 0.2) is 0 Å². The van der Waals surface area contributed by atoms with Gasteiger partial charge in [0.1, 0.15) is 5.69 Å². The Morgan fingerprint density at radius 2 is 1.68 bits per heavy atom. The minimum atomic E-state index is -0.425. The van der Waals surface area contributed by atoms with E-state index in [-0.39, 0.29) is 42.3 Å². The molecule has 0 saturated heterocycles. The van der Waals surface area contributed by atoms with Crippen LogP contribution in [-0.2, 0) is 19.6 Å². The third-order valence-corrected chi connectivity index (χ3v) is 5.99. The van der Waals surface area contributed by atoms with Crippen LogP contribution < -0.4 is 16.4 Å². The zero-order valence-electron chi connectivity index (χ0n) is 19.4. The summed E-state index contributed by atoms with van der Waals surface area (Å²) in [4.78, 5) is 41.0.